The highest BCUT2D eigenvalue weighted by Crippen LogP contribution is 2.17. The fraction of sp³-hybridized carbons (Fsp3) is 0.111. The summed E-state index contributed by atoms with van der Waals surface area (Å²) in [6, 6.07) is 11.5. The van der Waals surface area contributed by atoms with Crippen LogP contribution in [0.2, 0.25) is 0 Å². The van der Waals surface area contributed by atoms with Crippen LogP contribution in [0.4, 0.5) is 0 Å². The Morgan fingerprint density at radius 3 is 2.90 bits per heavy atom. The van der Waals surface area contributed by atoms with Gasteiger partial charge in [-0.1, -0.05) is 18.2 Å². The zero-order chi connectivity index (χ0) is 6.81. The quantitative estimate of drug-likeness (QED) is 0.609. The third-order valence-electron chi connectivity index (χ3n) is 1.65. The fourth-order valence-electron chi connectivity index (χ4n) is 1.00. The summed E-state index contributed by atoms with van der Waals surface area (Å²) in [7, 11) is 0. The molecule has 0 fully saturated rings. The van der Waals surface area contributed by atoms with E-state index < -0.39 is 0 Å². The normalized spacial score (nSPS) is 21.4. The standard InChI is InChI=1S/C9H8N/c1-2-4-8(5-3-1)9-6-7-10-9/h1-2,4-7,9-10H. The second kappa shape index (κ2) is 2.18. The summed E-state index contributed by atoms with van der Waals surface area (Å²) in [6.45, 7) is 0. The summed E-state index contributed by atoms with van der Waals surface area (Å²) in [5.74, 6) is 0. The van der Waals surface area contributed by atoms with Gasteiger partial charge in [0.25, 0.3) is 0 Å². The van der Waals surface area contributed by atoms with Crippen LogP contribution < -0.4 is 5.32 Å². The summed E-state index contributed by atoms with van der Waals surface area (Å²) in [5, 5.41) is 3.16. The van der Waals surface area contributed by atoms with Crippen molar-refractivity contribution in [2.75, 3.05) is 0 Å². The molecule has 1 aromatic rings. The SMILES string of the molecule is [c]1cccc(C2C=CN2)c1. The van der Waals surface area contributed by atoms with Crippen LogP contribution in [0.5, 0.6) is 0 Å². The third kappa shape index (κ3) is 0.798. The zero-order valence-electron chi connectivity index (χ0n) is 5.54. The van der Waals surface area contributed by atoms with Crippen molar-refractivity contribution in [3.05, 3.63) is 48.2 Å². The molecule has 0 amide bonds. The molecule has 0 bridgehead atoms. The molecule has 1 heteroatoms. The van der Waals surface area contributed by atoms with Crippen LogP contribution in [0.15, 0.2) is 36.5 Å². The highest BCUT2D eigenvalue weighted by atomic mass is 14.9. The highest BCUT2D eigenvalue weighted by molar-refractivity contribution is 5.26. The van der Waals surface area contributed by atoms with Gasteiger partial charge in [-0.05, 0) is 30.0 Å². The van der Waals surface area contributed by atoms with Crippen LogP contribution in [-0.2, 0) is 0 Å². The predicted octanol–water partition coefficient (Wildman–Crippen LogP) is 1.64. The van der Waals surface area contributed by atoms with Gasteiger partial charge in [0.1, 0.15) is 0 Å². The van der Waals surface area contributed by atoms with E-state index in [-0.39, 0.29) is 0 Å². The Morgan fingerprint density at radius 2 is 2.40 bits per heavy atom. The molecule has 0 saturated heterocycles. The van der Waals surface area contributed by atoms with Crippen molar-refractivity contribution in [2.24, 2.45) is 0 Å². The number of nitrogens with one attached hydrogen (secondary N) is 1. The van der Waals surface area contributed by atoms with Crippen LogP contribution in [0.1, 0.15) is 11.6 Å². The summed E-state index contributed by atoms with van der Waals surface area (Å²) < 4.78 is 0. The molecule has 0 aliphatic carbocycles. The largest absolute Gasteiger partial charge is 0.381 e. The van der Waals surface area contributed by atoms with Crippen LogP contribution in [0.25, 0.3) is 0 Å². The number of rotatable bonds is 1. The molecule has 1 heterocycles. The third-order valence-corrected chi connectivity index (χ3v) is 1.65. The van der Waals surface area contributed by atoms with Crippen molar-refractivity contribution in [2.45, 2.75) is 6.04 Å². The van der Waals surface area contributed by atoms with Gasteiger partial charge < -0.3 is 5.32 Å². The summed E-state index contributed by atoms with van der Waals surface area (Å²) in [6.07, 6.45) is 4.08. The Morgan fingerprint density at radius 1 is 1.50 bits per heavy atom. The second-order valence-corrected chi connectivity index (χ2v) is 2.34. The van der Waals surface area contributed by atoms with Crippen molar-refractivity contribution in [1.82, 2.24) is 5.32 Å². The summed E-state index contributed by atoms with van der Waals surface area (Å²) in [5.41, 5.74) is 1.28. The van der Waals surface area contributed by atoms with E-state index in [9.17, 15) is 0 Å². The average Bonchev–Trinajstić information content (AvgIpc) is 1.86. The molecule has 1 aliphatic rings. The molecule has 1 aliphatic heterocycles. The number of hydrogen-bond acceptors (Lipinski definition) is 1. The van der Waals surface area contributed by atoms with E-state index in [1.165, 1.54) is 5.56 Å². The Hall–Kier alpha value is -1.24. The van der Waals surface area contributed by atoms with Crippen LogP contribution in [0.3, 0.4) is 0 Å². The van der Waals surface area contributed by atoms with Gasteiger partial charge in [-0.3, -0.25) is 0 Å². The van der Waals surface area contributed by atoms with E-state index in [0.29, 0.717) is 6.04 Å². The maximum absolute atomic E-state index is 3.16. The first-order chi connectivity index (χ1) is 4.97. The van der Waals surface area contributed by atoms with Gasteiger partial charge in [-0.25, -0.2) is 0 Å². The molecule has 1 aromatic carbocycles. The topological polar surface area (TPSA) is 12.0 Å². The monoisotopic (exact) mass is 130 g/mol. The van der Waals surface area contributed by atoms with Gasteiger partial charge in [0.15, 0.2) is 0 Å². The molecule has 1 N–H and O–H groups in total. The van der Waals surface area contributed by atoms with Crippen molar-refractivity contribution >= 4 is 0 Å². The van der Waals surface area contributed by atoms with Crippen LogP contribution in [-0.4, -0.2) is 0 Å². The Balaban J connectivity index is 2.26. The lowest BCUT2D eigenvalue weighted by atomic mass is 10.0. The van der Waals surface area contributed by atoms with Crippen LogP contribution in [0, 0.1) is 6.07 Å². The lowest BCUT2D eigenvalue weighted by molar-refractivity contribution is 0.686. The molecule has 0 aromatic heterocycles. The Labute approximate surface area is 60.4 Å². The van der Waals surface area contributed by atoms with E-state index in [4.69, 9.17) is 0 Å². The molecule has 1 unspecified atom stereocenters. The maximum atomic E-state index is 3.16. The lowest BCUT2D eigenvalue weighted by Gasteiger charge is -2.20. The van der Waals surface area contributed by atoms with Gasteiger partial charge in [-0.15, -0.1) is 0 Å². The molecular formula is C9H8N. The first kappa shape index (κ1) is 5.54. The average molecular weight is 130 g/mol. The van der Waals surface area contributed by atoms with Gasteiger partial charge >= 0.3 is 0 Å². The predicted molar refractivity (Wildman–Crippen MR) is 40.3 cm³/mol. The van der Waals surface area contributed by atoms with Gasteiger partial charge in [0, 0.05) is 0 Å². The van der Waals surface area contributed by atoms with Crippen molar-refractivity contribution in [1.29, 1.82) is 0 Å². The van der Waals surface area contributed by atoms with Crippen molar-refractivity contribution in [3.8, 4) is 0 Å². The molecule has 0 spiro atoms. The van der Waals surface area contributed by atoms with E-state index in [1.807, 2.05) is 24.4 Å². The number of hydrogen-bond donors (Lipinski definition) is 1. The molecule has 1 nitrogen and oxygen atoms in total. The summed E-state index contributed by atoms with van der Waals surface area (Å²) in [4.78, 5) is 0. The van der Waals surface area contributed by atoms with Crippen molar-refractivity contribution in [3.63, 3.8) is 0 Å². The molecule has 1 radical (unpaired) electrons. The molecule has 1 atom stereocenters. The highest BCUT2D eigenvalue weighted by Gasteiger charge is 2.09. The van der Waals surface area contributed by atoms with E-state index in [1.54, 1.807) is 0 Å². The minimum atomic E-state index is 0.428. The van der Waals surface area contributed by atoms with E-state index in [0.717, 1.165) is 0 Å². The minimum absolute atomic E-state index is 0.428. The van der Waals surface area contributed by atoms with E-state index in [2.05, 4.69) is 23.5 Å². The zero-order valence-corrected chi connectivity index (χ0v) is 5.54. The Bertz CT molecular complexity index is 238. The van der Waals surface area contributed by atoms with E-state index >= 15 is 0 Å². The number of benzene rings is 1. The van der Waals surface area contributed by atoms with Gasteiger partial charge in [0.2, 0.25) is 0 Å². The molecule has 49 valence electrons. The van der Waals surface area contributed by atoms with Crippen molar-refractivity contribution < 1.29 is 0 Å². The minimum Gasteiger partial charge on any atom is -0.381 e. The smallest absolute Gasteiger partial charge is 0.0709 e. The first-order valence-electron chi connectivity index (χ1n) is 3.35. The molecule has 0 saturated carbocycles. The maximum Gasteiger partial charge on any atom is 0.0709 e. The first-order valence-corrected chi connectivity index (χ1v) is 3.35. The second-order valence-electron chi connectivity index (χ2n) is 2.34. The van der Waals surface area contributed by atoms with Crippen LogP contribution >= 0.6 is 0 Å². The molecular weight excluding hydrogens is 122 g/mol. The Kier molecular flexibility index (Phi) is 1.21. The van der Waals surface area contributed by atoms with Gasteiger partial charge in [0.05, 0.1) is 6.04 Å². The molecule has 10 heavy (non-hydrogen) atoms. The van der Waals surface area contributed by atoms with Gasteiger partial charge in [-0.2, -0.15) is 0 Å². The fourth-order valence-corrected chi connectivity index (χ4v) is 1.00. The molecule has 2 rings (SSSR count). The summed E-state index contributed by atoms with van der Waals surface area (Å²) >= 11 is 0. The lowest BCUT2D eigenvalue weighted by Crippen LogP contribution is -2.20.